The van der Waals surface area contributed by atoms with Crippen LogP contribution in [0.25, 0.3) is 0 Å². The second-order valence-corrected chi connectivity index (χ2v) is 7.14. The zero-order valence-corrected chi connectivity index (χ0v) is 14.2. The lowest BCUT2D eigenvalue weighted by atomic mass is 10.1. The first kappa shape index (κ1) is 18.4. The van der Waals surface area contributed by atoms with E-state index < -0.39 is 21.9 Å². The highest BCUT2D eigenvalue weighted by molar-refractivity contribution is 7.92. The first-order chi connectivity index (χ1) is 10.2. The SMILES string of the molecule is CC[C@@H](C)NC(=O)[C@@H](CC)N(c1ccc(F)cc1)S(C)(=O)=O. The highest BCUT2D eigenvalue weighted by Crippen LogP contribution is 2.22. The molecular weight excluding hydrogens is 307 g/mol. The Balaban J connectivity index is 3.19. The molecule has 1 amide bonds. The van der Waals surface area contributed by atoms with Crippen LogP contribution in [-0.2, 0) is 14.8 Å². The van der Waals surface area contributed by atoms with E-state index in [0.717, 1.165) is 17.0 Å². The summed E-state index contributed by atoms with van der Waals surface area (Å²) in [7, 11) is -3.68. The Hall–Kier alpha value is -1.63. The van der Waals surface area contributed by atoms with Gasteiger partial charge in [0.1, 0.15) is 11.9 Å². The van der Waals surface area contributed by atoms with Gasteiger partial charge in [0.25, 0.3) is 0 Å². The van der Waals surface area contributed by atoms with E-state index in [1.807, 2.05) is 13.8 Å². The van der Waals surface area contributed by atoms with Crippen molar-refractivity contribution in [1.82, 2.24) is 5.32 Å². The van der Waals surface area contributed by atoms with E-state index in [1.165, 1.54) is 24.3 Å². The maximum atomic E-state index is 13.1. The molecule has 0 aliphatic carbocycles. The van der Waals surface area contributed by atoms with Crippen LogP contribution in [0.2, 0.25) is 0 Å². The minimum atomic E-state index is -3.68. The largest absolute Gasteiger partial charge is 0.352 e. The molecule has 0 aromatic heterocycles. The standard InChI is InChI=1S/C15H23FN2O3S/c1-5-11(3)17-15(19)14(6-2)18(22(4,20)21)13-9-7-12(16)8-10-13/h7-11,14H,5-6H2,1-4H3,(H,17,19)/t11-,14-/m1/s1. The summed E-state index contributed by atoms with van der Waals surface area (Å²) in [6.45, 7) is 5.52. The normalized spacial score (nSPS) is 14.2. The zero-order chi connectivity index (χ0) is 16.9. The number of carbonyl (C=O) groups excluding carboxylic acids is 1. The molecule has 22 heavy (non-hydrogen) atoms. The minimum Gasteiger partial charge on any atom is -0.352 e. The molecule has 0 saturated heterocycles. The lowest BCUT2D eigenvalue weighted by Gasteiger charge is -2.30. The van der Waals surface area contributed by atoms with Gasteiger partial charge in [0.2, 0.25) is 15.9 Å². The van der Waals surface area contributed by atoms with Crippen molar-refractivity contribution in [2.45, 2.75) is 45.7 Å². The van der Waals surface area contributed by atoms with Crippen molar-refractivity contribution in [2.24, 2.45) is 0 Å². The first-order valence-electron chi connectivity index (χ1n) is 7.26. The van der Waals surface area contributed by atoms with Crippen molar-refractivity contribution in [3.05, 3.63) is 30.1 Å². The predicted octanol–water partition coefficient (Wildman–Crippen LogP) is 2.29. The van der Waals surface area contributed by atoms with E-state index in [4.69, 9.17) is 0 Å². The van der Waals surface area contributed by atoms with Crippen LogP contribution >= 0.6 is 0 Å². The molecule has 124 valence electrons. The molecule has 7 heteroatoms. The van der Waals surface area contributed by atoms with Crippen molar-refractivity contribution in [3.8, 4) is 0 Å². The predicted molar refractivity (Wildman–Crippen MR) is 85.7 cm³/mol. The first-order valence-corrected chi connectivity index (χ1v) is 9.10. The Morgan fingerprint density at radius 2 is 1.77 bits per heavy atom. The fourth-order valence-corrected chi connectivity index (χ4v) is 3.30. The molecule has 2 atom stereocenters. The van der Waals surface area contributed by atoms with Crippen LogP contribution in [0, 0.1) is 5.82 Å². The minimum absolute atomic E-state index is 0.0452. The maximum Gasteiger partial charge on any atom is 0.244 e. The summed E-state index contributed by atoms with van der Waals surface area (Å²) in [5, 5.41) is 2.80. The Morgan fingerprint density at radius 3 is 2.18 bits per heavy atom. The van der Waals surface area contributed by atoms with E-state index in [0.29, 0.717) is 6.42 Å². The number of sulfonamides is 1. The molecule has 5 nitrogen and oxygen atoms in total. The number of amides is 1. The second-order valence-electron chi connectivity index (χ2n) is 5.28. The molecule has 0 fully saturated rings. The van der Waals surface area contributed by atoms with Crippen molar-refractivity contribution in [2.75, 3.05) is 10.6 Å². The monoisotopic (exact) mass is 330 g/mol. The van der Waals surface area contributed by atoms with Crippen molar-refractivity contribution in [3.63, 3.8) is 0 Å². The van der Waals surface area contributed by atoms with E-state index in [1.54, 1.807) is 6.92 Å². The van der Waals surface area contributed by atoms with Crippen LogP contribution in [0.1, 0.15) is 33.6 Å². The highest BCUT2D eigenvalue weighted by atomic mass is 32.2. The Kier molecular flexibility index (Phi) is 6.34. The topological polar surface area (TPSA) is 66.5 Å². The van der Waals surface area contributed by atoms with Crippen molar-refractivity contribution >= 4 is 21.6 Å². The van der Waals surface area contributed by atoms with Crippen molar-refractivity contribution in [1.29, 1.82) is 0 Å². The van der Waals surface area contributed by atoms with Gasteiger partial charge in [-0.15, -0.1) is 0 Å². The van der Waals surface area contributed by atoms with Crippen molar-refractivity contribution < 1.29 is 17.6 Å². The number of hydrogen-bond donors (Lipinski definition) is 1. The number of rotatable bonds is 7. The second kappa shape index (κ2) is 7.58. The fourth-order valence-electron chi connectivity index (χ4n) is 2.09. The summed E-state index contributed by atoms with van der Waals surface area (Å²) in [6, 6.07) is 4.15. The molecule has 1 aromatic rings. The summed E-state index contributed by atoms with van der Waals surface area (Å²) >= 11 is 0. The average Bonchev–Trinajstić information content (AvgIpc) is 2.44. The summed E-state index contributed by atoms with van der Waals surface area (Å²) in [5.41, 5.74) is 0.273. The lowest BCUT2D eigenvalue weighted by molar-refractivity contribution is -0.122. The van der Waals surface area contributed by atoms with Crippen LogP contribution in [0.15, 0.2) is 24.3 Å². The Labute approximate surface area is 131 Å². The molecule has 0 bridgehead atoms. The number of nitrogens with zero attached hydrogens (tertiary/aromatic N) is 1. The molecule has 0 aliphatic rings. The highest BCUT2D eigenvalue weighted by Gasteiger charge is 2.31. The molecule has 1 rings (SSSR count). The fraction of sp³-hybridized carbons (Fsp3) is 0.533. The molecule has 0 radical (unpaired) electrons. The molecule has 0 aliphatic heterocycles. The van der Waals surface area contributed by atoms with Gasteiger partial charge in [0.05, 0.1) is 11.9 Å². The number of halogens is 1. The number of benzene rings is 1. The third-order valence-electron chi connectivity index (χ3n) is 3.41. The van der Waals surface area contributed by atoms with Gasteiger partial charge >= 0.3 is 0 Å². The van der Waals surface area contributed by atoms with Gasteiger partial charge in [0, 0.05) is 6.04 Å². The van der Waals surface area contributed by atoms with Crippen LogP contribution in [-0.4, -0.2) is 32.7 Å². The summed E-state index contributed by atoms with van der Waals surface area (Å²) in [5.74, 6) is -0.819. The molecule has 1 aromatic carbocycles. The lowest BCUT2D eigenvalue weighted by Crippen LogP contribution is -2.51. The summed E-state index contributed by atoms with van der Waals surface area (Å²) in [6.07, 6.45) is 2.10. The maximum absolute atomic E-state index is 13.1. The quantitative estimate of drug-likeness (QED) is 0.834. The molecular formula is C15H23FN2O3S. The Morgan fingerprint density at radius 1 is 1.23 bits per heavy atom. The molecule has 0 unspecified atom stereocenters. The Bertz CT molecular complexity index is 602. The molecule has 0 heterocycles. The number of nitrogens with one attached hydrogen (secondary N) is 1. The number of hydrogen-bond acceptors (Lipinski definition) is 3. The van der Waals surface area contributed by atoms with E-state index >= 15 is 0 Å². The van der Waals surface area contributed by atoms with Crippen LogP contribution < -0.4 is 9.62 Å². The van der Waals surface area contributed by atoms with Gasteiger partial charge in [-0.1, -0.05) is 13.8 Å². The third-order valence-corrected chi connectivity index (χ3v) is 4.59. The van der Waals surface area contributed by atoms with Crippen LogP contribution in [0.4, 0.5) is 10.1 Å². The van der Waals surface area contributed by atoms with Gasteiger partial charge in [0.15, 0.2) is 0 Å². The average molecular weight is 330 g/mol. The zero-order valence-electron chi connectivity index (χ0n) is 13.3. The van der Waals surface area contributed by atoms with Gasteiger partial charge in [-0.25, -0.2) is 12.8 Å². The van der Waals surface area contributed by atoms with Gasteiger partial charge in [-0.3, -0.25) is 9.10 Å². The smallest absolute Gasteiger partial charge is 0.244 e. The van der Waals surface area contributed by atoms with Crippen LogP contribution in [0.5, 0.6) is 0 Å². The van der Waals surface area contributed by atoms with E-state index in [9.17, 15) is 17.6 Å². The van der Waals surface area contributed by atoms with Gasteiger partial charge in [-0.05, 0) is 44.0 Å². The van der Waals surface area contributed by atoms with Gasteiger partial charge in [-0.2, -0.15) is 0 Å². The summed E-state index contributed by atoms with van der Waals surface area (Å²) < 4.78 is 38.4. The van der Waals surface area contributed by atoms with Crippen LogP contribution in [0.3, 0.4) is 0 Å². The molecule has 0 spiro atoms. The molecule has 1 N–H and O–H groups in total. The van der Waals surface area contributed by atoms with Gasteiger partial charge < -0.3 is 5.32 Å². The number of carbonyl (C=O) groups is 1. The third kappa shape index (κ3) is 4.69. The van der Waals surface area contributed by atoms with E-state index in [2.05, 4.69) is 5.32 Å². The number of anilines is 1. The molecule has 0 saturated carbocycles. The summed E-state index contributed by atoms with van der Waals surface area (Å²) in [4.78, 5) is 12.4. The van der Waals surface area contributed by atoms with E-state index in [-0.39, 0.29) is 17.6 Å².